The van der Waals surface area contributed by atoms with Crippen molar-refractivity contribution in [2.75, 3.05) is 19.8 Å². The summed E-state index contributed by atoms with van der Waals surface area (Å²) >= 11 is 0. The van der Waals surface area contributed by atoms with Gasteiger partial charge >= 0.3 is 5.97 Å². The van der Waals surface area contributed by atoms with Gasteiger partial charge in [-0.1, -0.05) is 12.1 Å². The number of carboxylic acids is 1. The van der Waals surface area contributed by atoms with Crippen LogP contribution in [0.2, 0.25) is 0 Å². The molecule has 2 atom stereocenters. The van der Waals surface area contributed by atoms with E-state index >= 15 is 0 Å². The molecule has 0 bridgehead atoms. The number of carboxylic acid groups (broad SMARTS) is 1. The van der Waals surface area contributed by atoms with Crippen LogP contribution < -0.4 is 5.32 Å². The van der Waals surface area contributed by atoms with Gasteiger partial charge in [0.15, 0.2) is 5.78 Å². The first kappa shape index (κ1) is 25.3. The number of hydrogen-bond donors (Lipinski definition) is 4. The van der Waals surface area contributed by atoms with Gasteiger partial charge in [-0.3, -0.25) is 14.9 Å². The summed E-state index contributed by atoms with van der Waals surface area (Å²) in [5.41, 5.74) is 0.0989. The van der Waals surface area contributed by atoms with Crippen LogP contribution >= 0.6 is 0 Å². The van der Waals surface area contributed by atoms with Crippen LogP contribution in [-0.4, -0.2) is 58.7 Å². The summed E-state index contributed by atoms with van der Waals surface area (Å²) in [5.74, 6) is -1.02. The molecular weight excluding hydrogens is 414 g/mol. The zero-order valence-electron chi connectivity index (χ0n) is 18.4. The molecule has 0 aliphatic heterocycles. The second kappa shape index (κ2) is 12.2. The monoisotopic (exact) mass is 445 g/mol. The molecule has 0 aromatic heterocycles. The average molecular weight is 446 g/mol. The highest BCUT2D eigenvalue weighted by Gasteiger charge is 2.32. The lowest BCUT2D eigenvalue weighted by Crippen LogP contribution is -2.54. The van der Waals surface area contributed by atoms with Gasteiger partial charge in [-0.05, 0) is 68.7 Å². The fourth-order valence-electron chi connectivity index (χ4n) is 3.24. The number of aliphatic carboxylic acids is 1. The molecule has 4 N–H and O–H groups in total. The van der Waals surface area contributed by atoms with Crippen molar-refractivity contribution in [2.45, 2.75) is 44.9 Å². The molecule has 2 aromatic rings. The van der Waals surface area contributed by atoms with Crippen LogP contribution in [-0.2, 0) is 20.7 Å². The van der Waals surface area contributed by atoms with E-state index in [0.29, 0.717) is 18.8 Å². The summed E-state index contributed by atoms with van der Waals surface area (Å²) in [6, 6.07) is 11.3. The summed E-state index contributed by atoms with van der Waals surface area (Å²) in [5, 5.41) is 31.7. The molecule has 32 heavy (non-hydrogen) atoms. The summed E-state index contributed by atoms with van der Waals surface area (Å²) in [6.45, 7) is 4.69. The van der Waals surface area contributed by atoms with E-state index in [1.54, 1.807) is 31.2 Å². The molecule has 0 aliphatic carbocycles. The second-order valence-corrected chi connectivity index (χ2v) is 7.65. The third kappa shape index (κ3) is 8.30. The fourth-order valence-corrected chi connectivity index (χ4v) is 3.24. The molecule has 174 valence electrons. The Bertz CT molecular complexity index is 867. The summed E-state index contributed by atoms with van der Waals surface area (Å²) < 4.78 is 11.3. The highest BCUT2D eigenvalue weighted by molar-refractivity contribution is 5.96. The number of rotatable bonds is 14. The first-order valence-electron chi connectivity index (χ1n) is 10.5. The van der Waals surface area contributed by atoms with Crippen molar-refractivity contribution in [2.24, 2.45) is 0 Å². The standard InChI is InChI=1S/C24H31NO7/c1-3-31-14-15-32-24(2,13-12-22(28)18-6-10-20(27)11-7-18)25-21(23(29)30)16-17-4-8-19(26)9-5-17/h4-11,21,25-27H,3,12-16H2,1-2H3,(H,29,30)/t21-,24?/m0/s1. The smallest absolute Gasteiger partial charge is 0.321 e. The largest absolute Gasteiger partial charge is 0.508 e. The van der Waals surface area contributed by atoms with Crippen LogP contribution in [0.4, 0.5) is 0 Å². The predicted octanol–water partition coefficient (Wildman–Crippen LogP) is 3.12. The molecule has 8 heteroatoms. The topological polar surface area (TPSA) is 125 Å². The van der Waals surface area contributed by atoms with Crippen molar-refractivity contribution in [3.8, 4) is 11.5 Å². The number of Topliss-reactive ketones (excluding diaryl/α,β-unsaturated/α-hetero) is 1. The van der Waals surface area contributed by atoms with Crippen molar-refractivity contribution >= 4 is 11.8 Å². The van der Waals surface area contributed by atoms with Gasteiger partial charge in [-0.25, -0.2) is 0 Å². The lowest BCUT2D eigenvalue weighted by atomic mass is 9.99. The van der Waals surface area contributed by atoms with Crippen molar-refractivity contribution < 1.29 is 34.4 Å². The van der Waals surface area contributed by atoms with E-state index in [0.717, 1.165) is 5.56 Å². The molecular formula is C24H31NO7. The molecule has 0 saturated carbocycles. The molecule has 0 fully saturated rings. The number of carbonyl (C=O) groups is 2. The van der Waals surface area contributed by atoms with Crippen LogP contribution in [0, 0.1) is 0 Å². The van der Waals surface area contributed by atoms with E-state index in [-0.39, 0.29) is 43.2 Å². The Morgan fingerprint density at radius 3 is 2.16 bits per heavy atom. The zero-order chi connectivity index (χ0) is 23.6. The molecule has 2 aromatic carbocycles. The van der Waals surface area contributed by atoms with Gasteiger partial charge in [0.1, 0.15) is 23.3 Å². The van der Waals surface area contributed by atoms with Gasteiger partial charge in [0.2, 0.25) is 0 Å². The first-order valence-corrected chi connectivity index (χ1v) is 10.5. The number of phenolic OH excluding ortho intramolecular Hbond substituents is 2. The highest BCUT2D eigenvalue weighted by Crippen LogP contribution is 2.20. The Morgan fingerprint density at radius 2 is 1.59 bits per heavy atom. The van der Waals surface area contributed by atoms with Gasteiger partial charge < -0.3 is 24.8 Å². The third-order valence-corrected chi connectivity index (χ3v) is 5.02. The number of aromatic hydroxyl groups is 2. The number of nitrogens with one attached hydrogen (secondary N) is 1. The van der Waals surface area contributed by atoms with Gasteiger partial charge in [0.25, 0.3) is 0 Å². The van der Waals surface area contributed by atoms with Crippen molar-refractivity contribution in [1.82, 2.24) is 5.32 Å². The SMILES string of the molecule is CCOCCOC(C)(CCC(=O)c1ccc(O)cc1)N[C@@H](Cc1ccc(O)cc1)C(=O)O. The minimum Gasteiger partial charge on any atom is -0.508 e. The van der Waals surface area contributed by atoms with E-state index in [1.807, 2.05) is 6.92 Å². The van der Waals surface area contributed by atoms with E-state index in [1.165, 1.54) is 24.3 Å². The summed E-state index contributed by atoms with van der Waals surface area (Å²) in [7, 11) is 0. The van der Waals surface area contributed by atoms with Crippen LogP contribution in [0.25, 0.3) is 0 Å². The Morgan fingerprint density at radius 1 is 1.00 bits per heavy atom. The number of ketones is 1. The quantitative estimate of drug-likeness (QED) is 0.199. The summed E-state index contributed by atoms with van der Waals surface area (Å²) in [4.78, 5) is 24.5. The molecule has 1 unspecified atom stereocenters. The van der Waals surface area contributed by atoms with E-state index in [2.05, 4.69) is 5.32 Å². The van der Waals surface area contributed by atoms with Crippen LogP contribution in [0.5, 0.6) is 11.5 Å². The van der Waals surface area contributed by atoms with Crippen molar-refractivity contribution in [3.63, 3.8) is 0 Å². The van der Waals surface area contributed by atoms with E-state index < -0.39 is 17.7 Å². The lowest BCUT2D eigenvalue weighted by Gasteiger charge is -2.34. The van der Waals surface area contributed by atoms with Gasteiger partial charge in [0, 0.05) is 18.6 Å². The molecule has 0 radical (unpaired) electrons. The van der Waals surface area contributed by atoms with E-state index in [9.17, 15) is 24.9 Å². The minimum absolute atomic E-state index is 0.0749. The molecule has 0 heterocycles. The zero-order valence-corrected chi connectivity index (χ0v) is 18.4. The minimum atomic E-state index is -1.09. The van der Waals surface area contributed by atoms with Crippen LogP contribution in [0.3, 0.4) is 0 Å². The van der Waals surface area contributed by atoms with Crippen LogP contribution in [0.1, 0.15) is 42.6 Å². The van der Waals surface area contributed by atoms with Crippen molar-refractivity contribution in [1.29, 1.82) is 0 Å². The fraction of sp³-hybridized carbons (Fsp3) is 0.417. The number of hydrogen-bond acceptors (Lipinski definition) is 7. The van der Waals surface area contributed by atoms with Crippen molar-refractivity contribution in [3.05, 3.63) is 59.7 Å². The van der Waals surface area contributed by atoms with E-state index in [4.69, 9.17) is 9.47 Å². The number of ether oxygens (including phenoxy) is 2. The third-order valence-electron chi connectivity index (χ3n) is 5.02. The Labute approximate surface area is 187 Å². The number of benzene rings is 2. The molecule has 8 nitrogen and oxygen atoms in total. The number of carbonyl (C=O) groups excluding carboxylic acids is 1. The van der Waals surface area contributed by atoms with Gasteiger partial charge in [-0.15, -0.1) is 0 Å². The van der Waals surface area contributed by atoms with Gasteiger partial charge in [-0.2, -0.15) is 0 Å². The summed E-state index contributed by atoms with van der Waals surface area (Å²) in [6.07, 6.45) is 0.526. The first-order chi connectivity index (χ1) is 15.2. The number of phenols is 2. The van der Waals surface area contributed by atoms with Gasteiger partial charge in [0.05, 0.1) is 13.2 Å². The Kier molecular flexibility index (Phi) is 9.64. The molecule has 0 amide bonds. The maximum absolute atomic E-state index is 12.6. The molecule has 0 saturated heterocycles. The second-order valence-electron chi connectivity index (χ2n) is 7.65. The lowest BCUT2D eigenvalue weighted by molar-refractivity contribution is -0.144. The van der Waals surface area contributed by atoms with Crippen LogP contribution in [0.15, 0.2) is 48.5 Å². The normalized spacial score (nSPS) is 13.9. The Hall–Kier alpha value is -2.94. The predicted molar refractivity (Wildman–Crippen MR) is 119 cm³/mol. The maximum atomic E-state index is 12.6. The Balaban J connectivity index is 2.10. The maximum Gasteiger partial charge on any atom is 0.321 e. The molecule has 0 aliphatic rings. The average Bonchev–Trinajstić information content (AvgIpc) is 2.77. The molecule has 2 rings (SSSR count). The molecule has 0 spiro atoms. The highest BCUT2D eigenvalue weighted by atomic mass is 16.5.